The minimum atomic E-state index is -0.0595. The molecule has 5 nitrogen and oxygen atoms in total. The zero-order valence-electron chi connectivity index (χ0n) is 10.6. The van der Waals surface area contributed by atoms with Crippen LogP contribution in [0.5, 0.6) is 0 Å². The van der Waals surface area contributed by atoms with E-state index in [4.69, 9.17) is 4.74 Å². The fourth-order valence-electron chi connectivity index (χ4n) is 1.83. The van der Waals surface area contributed by atoms with Crippen LogP contribution in [-0.2, 0) is 11.2 Å². The zero-order chi connectivity index (χ0) is 12.8. The Bertz CT molecular complexity index is 430. The van der Waals surface area contributed by atoms with Crippen LogP contribution in [0.2, 0.25) is 0 Å². The number of ether oxygens (including phenoxy) is 1. The van der Waals surface area contributed by atoms with Gasteiger partial charge in [-0.25, -0.2) is 4.98 Å². The van der Waals surface area contributed by atoms with Gasteiger partial charge in [-0.15, -0.1) is 0 Å². The summed E-state index contributed by atoms with van der Waals surface area (Å²) in [5, 5.41) is 0.729. The molecule has 18 heavy (non-hydrogen) atoms. The number of morpholine rings is 1. The second kappa shape index (κ2) is 6.92. The standard InChI is InChI=1S/C12H19N3O2S/c1-2-10-9-11(16)14-12(13-10)18-8-5-15-3-6-17-7-4-15/h9H,2-8H2,1H3,(H,13,14,16). The van der Waals surface area contributed by atoms with Gasteiger partial charge in [0.1, 0.15) is 0 Å². The van der Waals surface area contributed by atoms with Gasteiger partial charge in [-0.2, -0.15) is 0 Å². The van der Waals surface area contributed by atoms with Crippen LogP contribution in [0.4, 0.5) is 0 Å². The van der Waals surface area contributed by atoms with Crippen LogP contribution in [0.1, 0.15) is 12.6 Å². The summed E-state index contributed by atoms with van der Waals surface area (Å²) in [4.78, 5) is 20.9. The first-order chi connectivity index (χ1) is 8.78. The van der Waals surface area contributed by atoms with Crippen molar-refractivity contribution in [3.8, 4) is 0 Å². The van der Waals surface area contributed by atoms with Crippen molar-refractivity contribution >= 4 is 11.8 Å². The van der Waals surface area contributed by atoms with Gasteiger partial charge in [0.05, 0.1) is 13.2 Å². The first-order valence-corrected chi connectivity index (χ1v) is 7.29. The van der Waals surface area contributed by atoms with Crippen molar-refractivity contribution in [3.05, 3.63) is 22.1 Å². The number of aryl methyl sites for hydroxylation is 1. The molecule has 2 heterocycles. The van der Waals surface area contributed by atoms with Gasteiger partial charge < -0.3 is 9.72 Å². The van der Waals surface area contributed by atoms with Gasteiger partial charge >= 0.3 is 0 Å². The first-order valence-electron chi connectivity index (χ1n) is 6.31. The maximum atomic E-state index is 11.4. The Morgan fingerprint density at radius 3 is 3.00 bits per heavy atom. The monoisotopic (exact) mass is 269 g/mol. The van der Waals surface area contributed by atoms with E-state index >= 15 is 0 Å². The number of aromatic amines is 1. The van der Waals surface area contributed by atoms with Crippen LogP contribution >= 0.6 is 11.8 Å². The van der Waals surface area contributed by atoms with Crippen LogP contribution in [0.3, 0.4) is 0 Å². The fraction of sp³-hybridized carbons (Fsp3) is 0.667. The smallest absolute Gasteiger partial charge is 0.251 e. The number of H-pyrrole nitrogens is 1. The molecular weight excluding hydrogens is 250 g/mol. The van der Waals surface area contributed by atoms with E-state index in [1.165, 1.54) is 0 Å². The Hall–Kier alpha value is -0.850. The van der Waals surface area contributed by atoms with Crippen molar-refractivity contribution in [1.82, 2.24) is 14.9 Å². The lowest BCUT2D eigenvalue weighted by Gasteiger charge is -2.26. The van der Waals surface area contributed by atoms with Crippen molar-refractivity contribution < 1.29 is 4.74 Å². The summed E-state index contributed by atoms with van der Waals surface area (Å²) < 4.78 is 5.30. The summed E-state index contributed by atoms with van der Waals surface area (Å²) in [5.41, 5.74) is 0.795. The predicted molar refractivity (Wildman–Crippen MR) is 72.2 cm³/mol. The van der Waals surface area contributed by atoms with Crippen LogP contribution < -0.4 is 5.56 Å². The molecule has 0 aromatic carbocycles. The fourth-order valence-corrected chi connectivity index (χ4v) is 2.73. The van der Waals surface area contributed by atoms with E-state index in [2.05, 4.69) is 14.9 Å². The van der Waals surface area contributed by atoms with Gasteiger partial charge in [0, 0.05) is 37.1 Å². The van der Waals surface area contributed by atoms with Gasteiger partial charge in [-0.1, -0.05) is 18.7 Å². The molecule has 0 unspecified atom stereocenters. The minimum Gasteiger partial charge on any atom is -0.379 e. The molecule has 1 saturated heterocycles. The average molecular weight is 269 g/mol. The quantitative estimate of drug-likeness (QED) is 0.631. The van der Waals surface area contributed by atoms with E-state index in [9.17, 15) is 4.79 Å². The highest BCUT2D eigenvalue weighted by Gasteiger charge is 2.10. The number of aromatic nitrogens is 2. The number of hydrogen-bond donors (Lipinski definition) is 1. The van der Waals surface area contributed by atoms with Crippen molar-refractivity contribution in [2.75, 3.05) is 38.6 Å². The topological polar surface area (TPSA) is 58.2 Å². The maximum Gasteiger partial charge on any atom is 0.251 e. The van der Waals surface area contributed by atoms with Gasteiger partial charge in [0.2, 0.25) is 0 Å². The molecule has 1 aromatic heterocycles. The summed E-state index contributed by atoms with van der Waals surface area (Å²) in [6, 6.07) is 1.56. The summed E-state index contributed by atoms with van der Waals surface area (Å²) in [7, 11) is 0. The zero-order valence-corrected chi connectivity index (χ0v) is 11.5. The van der Waals surface area contributed by atoms with E-state index in [0.29, 0.717) is 0 Å². The van der Waals surface area contributed by atoms with Crippen molar-refractivity contribution in [1.29, 1.82) is 0 Å². The Morgan fingerprint density at radius 2 is 2.28 bits per heavy atom. The second-order valence-corrected chi connectivity index (χ2v) is 5.28. The Kier molecular flexibility index (Phi) is 5.22. The lowest BCUT2D eigenvalue weighted by atomic mass is 10.3. The van der Waals surface area contributed by atoms with Gasteiger partial charge in [-0.05, 0) is 6.42 Å². The number of rotatable bonds is 5. The molecule has 0 radical (unpaired) electrons. The molecule has 100 valence electrons. The molecule has 1 fully saturated rings. The molecule has 6 heteroatoms. The highest BCUT2D eigenvalue weighted by molar-refractivity contribution is 7.99. The Morgan fingerprint density at radius 1 is 1.50 bits per heavy atom. The highest BCUT2D eigenvalue weighted by Crippen LogP contribution is 2.12. The Labute approximate surface area is 111 Å². The van der Waals surface area contributed by atoms with E-state index in [0.717, 1.165) is 55.9 Å². The summed E-state index contributed by atoms with van der Waals surface area (Å²) >= 11 is 1.61. The molecule has 0 amide bonds. The summed E-state index contributed by atoms with van der Waals surface area (Å²) in [5.74, 6) is 0.941. The lowest BCUT2D eigenvalue weighted by molar-refractivity contribution is 0.0410. The third kappa shape index (κ3) is 4.12. The lowest BCUT2D eigenvalue weighted by Crippen LogP contribution is -2.37. The third-order valence-electron chi connectivity index (χ3n) is 2.89. The van der Waals surface area contributed by atoms with Gasteiger partial charge in [-0.3, -0.25) is 9.69 Å². The van der Waals surface area contributed by atoms with E-state index in [-0.39, 0.29) is 5.56 Å². The molecule has 0 aliphatic carbocycles. The van der Waals surface area contributed by atoms with Gasteiger partial charge in [0.25, 0.3) is 5.56 Å². The van der Waals surface area contributed by atoms with Crippen molar-refractivity contribution in [2.24, 2.45) is 0 Å². The normalized spacial score (nSPS) is 16.9. The number of thioether (sulfide) groups is 1. The molecule has 2 rings (SSSR count). The van der Waals surface area contributed by atoms with Crippen LogP contribution in [0.25, 0.3) is 0 Å². The van der Waals surface area contributed by atoms with Crippen LogP contribution in [0.15, 0.2) is 16.0 Å². The summed E-state index contributed by atoms with van der Waals surface area (Å²) in [6.07, 6.45) is 0.793. The number of nitrogens with zero attached hydrogens (tertiary/aromatic N) is 2. The first kappa shape index (κ1) is 13.6. The third-order valence-corrected chi connectivity index (χ3v) is 3.74. The predicted octanol–water partition coefficient (Wildman–Crippen LogP) is 0.757. The van der Waals surface area contributed by atoms with Crippen LogP contribution in [0, 0.1) is 0 Å². The number of hydrogen-bond acceptors (Lipinski definition) is 5. The van der Waals surface area contributed by atoms with E-state index in [1.807, 2.05) is 6.92 Å². The molecule has 1 aliphatic heterocycles. The van der Waals surface area contributed by atoms with Crippen molar-refractivity contribution in [2.45, 2.75) is 18.5 Å². The molecule has 0 atom stereocenters. The maximum absolute atomic E-state index is 11.4. The van der Waals surface area contributed by atoms with Gasteiger partial charge in [0.15, 0.2) is 5.16 Å². The van der Waals surface area contributed by atoms with E-state index in [1.54, 1.807) is 17.8 Å². The molecular formula is C12H19N3O2S. The molecule has 0 bridgehead atoms. The number of nitrogens with one attached hydrogen (secondary N) is 1. The average Bonchev–Trinajstić information content (AvgIpc) is 2.39. The SMILES string of the molecule is CCc1cc(=O)[nH]c(SCCN2CCOCC2)n1. The minimum absolute atomic E-state index is 0.0595. The Balaban J connectivity index is 1.82. The molecule has 0 saturated carbocycles. The summed E-state index contributed by atoms with van der Waals surface area (Å²) in [6.45, 7) is 6.66. The second-order valence-electron chi connectivity index (χ2n) is 4.20. The van der Waals surface area contributed by atoms with E-state index < -0.39 is 0 Å². The largest absolute Gasteiger partial charge is 0.379 e. The molecule has 1 aliphatic rings. The highest BCUT2D eigenvalue weighted by atomic mass is 32.2. The van der Waals surface area contributed by atoms with Crippen molar-refractivity contribution in [3.63, 3.8) is 0 Å². The molecule has 1 N–H and O–H groups in total. The molecule has 1 aromatic rings. The molecule has 0 spiro atoms. The van der Waals surface area contributed by atoms with Crippen LogP contribution in [-0.4, -0.2) is 53.5 Å².